The zero-order chi connectivity index (χ0) is 20.7. The first-order valence-corrected chi connectivity index (χ1v) is 10.5. The first-order valence-electron chi connectivity index (χ1n) is 10.1. The van der Waals surface area contributed by atoms with E-state index in [4.69, 9.17) is 12.2 Å². The molecule has 0 amide bonds. The van der Waals surface area contributed by atoms with E-state index in [-0.39, 0.29) is 18.1 Å². The Bertz CT molecular complexity index is 1040. The summed E-state index contributed by atoms with van der Waals surface area (Å²) in [4.78, 5) is 6.95. The highest BCUT2D eigenvalue weighted by atomic mass is 32.1. The average Bonchev–Trinajstić information content (AvgIpc) is 3.18. The number of benzene rings is 1. The van der Waals surface area contributed by atoms with Gasteiger partial charge in [-0.15, -0.1) is 0 Å². The molecule has 0 saturated carbocycles. The van der Waals surface area contributed by atoms with Crippen molar-refractivity contribution in [3.63, 3.8) is 0 Å². The largest absolute Gasteiger partial charge is 0.352 e. The highest BCUT2D eigenvalue weighted by Crippen LogP contribution is 2.42. The van der Waals surface area contributed by atoms with Crippen LogP contribution in [0.4, 0.5) is 0 Å². The molecule has 0 aliphatic carbocycles. The van der Waals surface area contributed by atoms with E-state index in [2.05, 4.69) is 90.8 Å². The molecule has 1 N–H and O–H groups in total. The molecular formula is C24H28N4S. The quantitative estimate of drug-likeness (QED) is 0.608. The normalized spacial score (nSPS) is 19.1. The van der Waals surface area contributed by atoms with Crippen LogP contribution in [-0.4, -0.2) is 25.6 Å². The van der Waals surface area contributed by atoms with Crippen LogP contribution >= 0.6 is 12.2 Å². The minimum absolute atomic E-state index is 0.0255. The van der Waals surface area contributed by atoms with Gasteiger partial charge >= 0.3 is 0 Å². The van der Waals surface area contributed by atoms with E-state index in [1.165, 1.54) is 28.2 Å². The van der Waals surface area contributed by atoms with Gasteiger partial charge in [0.15, 0.2) is 5.11 Å². The smallest absolute Gasteiger partial charge is 0.170 e. The molecule has 0 radical (unpaired) electrons. The summed E-state index contributed by atoms with van der Waals surface area (Å²) in [7, 11) is 0. The molecule has 5 heteroatoms. The van der Waals surface area contributed by atoms with E-state index < -0.39 is 0 Å². The summed E-state index contributed by atoms with van der Waals surface area (Å²) in [6.45, 7) is 10.9. The molecule has 1 fully saturated rings. The number of aromatic nitrogens is 2. The number of aryl methyl sites for hydroxylation is 2. The van der Waals surface area contributed by atoms with E-state index in [1.54, 1.807) is 0 Å². The first-order chi connectivity index (χ1) is 13.9. The Kier molecular flexibility index (Phi) is 5.17. The molecule has 3 heterocycles. The fourth-order valence-electron chi connectivity index (χ4n) is 4.51. The summed E-state index contributed by atoms with van der Waals surface area (Å²) in [5, 5.41) is 4.33. The molecule has 1 saturated heterocycles. The number of hydrogen-bond acceptors (Lipinski definition) is 2. The van der Waals surface area contributed by atoms with Gasteiger partial charge < -0.3 is 14.8 Å². The van der Waals surface area contributed by atoms with Crippen molar-refractivity contribution in [2.45, 2.75) is 52.7 Å². The molecule has 3 aromatic rings. The van der Waals surface area contributed by atoms with Gasteiger partial charge in [-0.2, -0.15) is 0 Å². The fourth-order valence-corrected chi connectivity index (χ4v) is 4.96. The molecule has 2 atom stereocenters. The predicted molar refractivity (Wildman–Crippen MR) is 122 cm³/mol. The second kappa shape index (κ2) is 7.64. The molecule has 0 bridgehead atoms. The Hall–Kier alpha value is -2.66. The van der Waals surface area contributed by atoms with Gasteiger partial charge in [0.25, 0.3) is 0 Å². The van der Waals surface area contributed by atoms with Crippen molar-refractivity contribution in [1.29, 1.82) is 0 Å². The van der Waals surface area contributed by atoms with Crippen LogP contribution in [-0.2, 0) is 0 Å². The number of pyridine rings is 1. The number of rotatable bonds is 4. The standard InChI is InChI=1S/C24H28N4S/c1-15(2)27-23(22(26-24(27)29)21-11-6-7-12-25-21)20-14-17(4)28(18(20)5)19-10-8-9-16(3)13-19/h6-15,22-23H,1-5H3,(H,26,29)/t22-,23+/m0/s1. The molecule has 0 spiro atoms. The second-order valence-electron chi connectivity index (χ2n) is 8.13. The Balaban J connectivity index is 1.86. The van der Waals surface area contributed by atoms with Crippen molar-refractivity contribution >= 4 is 17.3 Å². The Morgan fingerprint density at radius 1 is 1.03 bits per heavy atom. The van der Waals surface area contributed by atoms with Crippen LogP contribution in [0, 0.1) is 20.8 Å². The van der Waals surface area contributed by atoms with Crippen LogP contribution in [0.25, 0.3) is 5.69 Å². The van der Waals surface area contributed by atoms with Gasteiger partial charge in [-0.25, -0.2) is 0 Å². The monoisotopic (exact) mass is 404 g/mol. The Morgan fingerprint density at radius 3 is 2.48 bits per heavy atom. The summed E-state index contributed by atoms with van der Waals surface area (Å²) < 4.78 is 2.34. The van der Waals surface area contributed by atoms with Crippen LogP contribution in [0.1, 0.15) is 54.1 Å². The first kappa shape index (κ1) is 19.6. The predicted octanol–water partition coefficient (Wildman–Crippen LogP) is 5.18. The van der Waals surface area contributed by atoms with E-state index in [1.807, 2.05) is 18.3 Å². The fraction of sp³-hybridized carbons (Fsp3) is 0.333. The lowest BCUT2D eigenvalue weighted by molar-refractivity contribution is 0.269. The number of nitrogens with one attached hydrogen (secondary N) is 1. The van der Waals surface area contributed by atoms with Gasteiger partial charge in [-0.1, -0.05) is 18.2 Å². The van der Waals surface area contributed by atoms with Crippen molar-refractivity contribution in [2.75, 3.05) is 0 Å². The topological polar surface area (TPSA) is 33.1 Å². The molecule has 1 aliphatic rings. The number of nitrogens with zero attached hydrogens (tertiary/aromatic N) is 3. The van der Waals surface area contributed by atoms with Crippen molar-refractivity contribution in [1.82, 2.24) is 19.8 Å². The van der Waals surface area contributed by atoms with Gasteiger partial charge in [0.05, 0.1) is 17.8 Å². The molecular weight excluding hydrogens is 376 g/mol. The summed E-state index contributed by atoms with van der Waals surface area (Å²) in [5.41, 5.74) is 7.24. The van der Waals surface area contributed by atoms with Gasteiger partial charge in [-0.3, -0.25) is 4.98 Å². The molecule has 29 heavy (non-hydrogen) atoms. The van der Waals surface area contributed by atoms with Gasteiger partial charge in [-0.05, 0) is 88.3 Å². The van der Waals surface area contributed by atoms with E-state index in [9.17, 15) is 0 Å². The molecule has 150 valence electrons. The number of thiocarbonyl (C=S) groups is 1. The molecule has 1 aliphatic heterocycles. The summed E-state index contributed by atoms with van der Waals surface area (Å²) in [6, 6.07) is 17.5. The Morgan fingerprint density at radius 2 is 1.83 bits per heavy atom. The van der Waals surface area contributed by atoms with Crippen LogP contribution in [0.15, 0.2) is 54.7 Å². The summed E-state index contributed by atoms with van der Waals surface area (Å²) in [5.74, 6) is 0. The molecule has 4 rings (SSSR count). The maximum absolute atomic E-state index is 5.74. The van der Waals surface area contributed by atoms with Crippen LogP contribution < -0.4 is 5.32 Å². The highest BCUT2D eigenvalue weighted by Gasteiger charge is 2.42. The van der Waals surface area contributed by atoms with Gasteiger partial charge in [0, 0.05) is 29.3 Å². The van der Waals surface area contributed by atoms with Crippen LogP contribution in [0.5, 0.6) is 0 Å². The van der Waals surface area contributed by atoms with E-state index in [0.29, 0.717) is 0 Å². The Labute approximate surface area is 178 Å². The molecule has 2 aromatic heterocycles. The van der Waals surface area contributed by atoms with Crippen LogP contribution in [0.3, 0.4) is 0 Å². The maximum Gasteiger partial charge on any atom is 0.170 e. The third kappa shape index (κ3) is 3.44. The highest BCUT2D eigenvalue weighted by molar-refractivity contribution is 7.80. The zero-order valence-electron chi connectivity index (χ0n) is 17.7. The average molecular weight is 405 g/mol. The lowest BCUT2D eigenvalue weighted by atomic mass is 9.96. The summed E-state index contributed by atoms with van der Waals surface area (Å²) >= 11 is 5.74. The number of hydrogen-bond donors (Lipinski definition) is 1. The molecule has 4 nitrogen and oxygen atoms in total. The summed E-state index contributed by atoms with van der Waals surface area (Å²) in [6.07, 6.45) is 1.85. The SMILES string of the molecule is Cc1cccc(-n2c(C)cc([C@@H]3[C@H](c4ccccn4)NC(=S)N3C(C)C)c2C)c1. The van der Waals surface area contributed by atoms with Crippen molar-refractivity contribution in [3.8, 4) is 5.69 Å². The third-order valence-electron chi connectivity index (χ3n) is 5.74. The second-order valence-corrected chi connectivity index (χ2v) is 8.52. The van der Waals surface area contributed by atoms with E-state index >= 15 is 0 Å². The maximum atomic E-state index is 5.74. The minimum Gasteiger partial charge on any atom is -0.352 e. The lowest BCUT2D eigenvalue weighted by Gasteiger charge is -2.31. The molecule has 1 aromatic carbocycles. The van der Waals surface area contributed by atoms with Crippen molar-refractivity contribution in [2.24, 2.45) is 0 Å². The lowest BCUT2D eigenvalue weighted by Crippen LogP contribution is -2.35. The van der Waals surface area contributed by atoms with E-state index in [0.717, 1.165) is 10.8 Å². The van der Waals surface area contributed by atoms with Crippen LogP contribution in [0.2, 0.25) is 0 Å². The zero-order valence-corrected chi connectivity index (χ0v) is 18.5. The molecule has 0 unspecified atom stereocenters. The van der Waals surface area contributed by atoms with Gasteiger partial charge in [0.2, 0.25) is 0 Å². The van der Waals surface area contributed by atoms with Crippen molar-refractivity contribution in [3.05, 3.63) is 82.9 Å². The third-order valence-corrected chi connectivity index (χ3v) is 6.07. The minimum atomic E-state index is 0.0255. The van der Waals surface area contributed by atoms with Crippen molar-refractivity contribution < 1.29 is 0 Å². The van der Waals surface area contributed by atoms with Gasteiger partial charge in [0.1, 0.15) is 0 Å².